The number of halogens is 9. The van der Waals surface area contributed by atoms with Gasteiger partial charge in [-0.15, -0.1) is 6.58 Å². The highest BCUT2D eigenvalue weighted by molar-refractivity contribution is 5.69. The van der Waals surface area contributed by atoms with Gasteiger partial charge in [0.1, 0.15) is 34.6 Å². The van der Waals surface area contributed by atoms with E-state index in [0.29, 0.717) is 43.2 Å². The molecule has 0 unspecified atom stereocenters. The lowest BCUT2D eigenvalue weighted by Gasteiger charge is -2.20. The van der Waals surface area contributed by atoms with Crippen molar-refractivity contribution in [3.05, 3.63) is 138 Å². The van der Waals surface area contributed by atoms with Gasteiger partial charge < -0.3 is 4.74 Å². The number of aryl methyl sites for hydroxylation is 1. The van der Waals surface area contributed by atoms with Crippen LogP contribution in [0, 0.1) is 40.7 Å². The van der Waals surface area contributed by atoms with Gasteiger partial charge >= 0.3 is 6.11 Å². The first-order valence-corrected chi connectivity index (χ1v) is 13.1. The van der Waals surface area contributed by atoms with Crippen molar-refractivity contribution in [3.63, 3.8) is 0 Å². The molecule has 3 nitrogen and oxygen atoms in total. The van der Waals surface area contributed by atoms with Gasteiger partial charge in [0.25, 0.3) is 0 Å². The summed E-state index contributed by atoms with van der Waals surface area (Å²) in [7, 11) is 0. The number of hydrogen-bond donors (Lipinski definition) is 0. The zero-order chi connectivity index (χ0) is 32.5. The fourth-order valence-corrected chi connectivity index (χ4v) is 4.50. The number of ether oxygens (including phenoxy) is 1. The second-order valence-corrected chi connectivity index (χ2v) is 9.77. The molecule has 0 fully saturated rings. The molecule has 0 aliphatic rings. The molecular weight excluding hydrogens is 611 g/mol. The Morgan fingerprint density at radius 3 is 1.69 bits per heavy atom. The van der Waals surface area contributed by atoms with Crippen LogP contribution in [-0.2, 0) is 12.5 Å². The highest BCUT2D eigenvalue weighted by atomic mass is 19.3. The molecule has 5 aromatic rings. The molecule has 5 rings (SSSR count). The quantitative estimate of drug-likeness (QED) is 0.0924. The Bertz CT molecular complexity index is 1860. The third-order valence-electron chi connectivity index (χ3n) is 6.70. The van der Waals surface area contributed by atoms with E-state index in [9.17, 15) is 35.1 Å². The van der Waals surface area contributed by atoms with Gasteiger partial charge in [-0.05, 0) is 72.0 Å². The number of rotatable bonds is 9. The first-order valence-electron chi connectivity index (χ1n) is 13.1. The zero-order valence-corrected chi connectivity index (χ0v) is 22.8. The molecule has 0 aliphatic heterocycles. The minimum atomic E-state index is -4.69. The standard InChI is InChI=1S/C33H19F9N2O/c1-2-3-4-17-15-43-32(44-16-17)18-5-7-22(24(34)9-18)19-10-26(36)30(27(37)11-19)33(41,42)45-21-6-8-23(25(35)14-21)20-12-28(38)31(40)29(39)13-20/h2,5-16H,1,3-4H2. The molecule has 1 aromatic heterocycles. The average molecular weight is 631 g/mol. The van der Waals surface area contributed by atoms with Gasteiger partial charge in [-0.3, -0.25) is 0 Å². The molecule has 45 heavy (non-hydrogen) atoms. The van der Waals surface area contributed by atoms with Crippen molar-refractivity contribution in [3.8, 4) is 39.4 Å². The predicted molar refractivity (Wildman–Crippen MR) is 148 cm³/mol. The highest BCUT2D eigenvalue weighted by Gasteiger charge is 2.41. The third-order valence-corrected chi connectivity index (χ3v) is 6.70. The Hall–Kier alpha value is -5.13. The Labute approximate surface area is 250 Å². The lowest BCUT2D eigenvalue weighted by molar-refractivity contribution is -0.189. The molecule has 0 atom stereocenters. The summed E-state index contributed by atoms with van der Waals surface area (Å²) in [5, 5.41) is 0. The lowest BCUT2D eigenvalue weighted by Crippen LogP contribution is -2.25. The smallest absolute Gasteiger partial charge is 0.429 e. The molecule has 1 heterocycles. The van der Waals surface area contributed by atoms with E-state index in [0.717, 1.165) is 23.8 Å². The minimum Gasteiger partial charge on any atom is -0.429 e. The van der Waals surface area contributed by atoms with Crippen molar-refractivity contribution >= 4 is 0 Å². The third kappa shape index (κ3) is 6.54. The Kier molecular flexibility index (Phi) is 8.67. The monoisotopic (exact) mass is 630 g/mol. The maximum Gasteiger partial charge on any atom is 0.432 e. The first-order chi connectivity index (χ1) is 21.4. The topological polar surface area (TPSA) is 35.0 Å². The van der Waals surface area contributed by atoms with Crippen LogP contribution in [0.3, 0.4) is 0 Å². The van der Waals surface area contributed by atoms with E-state index in [1.807, 2.05) is 0 Å². The summed E-state index contributed by atoms with van der Waals surface area (Å²) in [6.07, 6.45) is 1.57. The van der Waals surface area contributed by atoms with Crippen molar-refractivity contribution in [2.45, 2.75) is 19.0 Å². The van der Waals surface area contributed by atoms with Crippen LogP contribution in [0.25, 0.3) is 33.6 Å². The van der Waals surface area contributed by atoms with Crippen LogP contribution in [0.4, 0.5) is 39.5 Å². The predicted octanol–water partition coefficient (Wildman–Crippen LogP) is 9.70. The van der Waals surface area contributed by atoms with Crippen LogP contribution in [0.5, 0.6) is 5.75 Å². The van der Waals surface area contributed by atoms with Gasteiger partial charge in [0.05, 0.1) is 0 Å². The molecule has 0 spiro atoms. The van der Waals surface area contributed by atoms with Crippen LogP contribution >= 0.6 is 0 Å². The largest absolute Gasteiger partial charge is 0.432 e. The van der Waals surface area contributed by atoms with Crippen LogP contribution in [0.1, 0.15) is 17.5 Å². The fraction of sp³-hybridized carbons (Fsp3) is 0.0909. The average Bonchev–Trinajstić information content (AvgIpc) is 2.98. The molecular formula is C33H19F9N2O. The summed E-state index contributed by atoms with van der Waals surface area (Å²) in [5.41, 5.74) is -2.38. The minimum absolute atomic E-state index is 0.189. The Balaban J connectivity index is 1.38. The van der Waals surface area contributed by atoms with Gasteiger partial charge in [0.15, 0.2) is 23.3 Å². The molecule has 0 N–H and O–H groups in total. The molecule has 0 radical (unpaired) electrons. The fourth-order valence-electron chi connectivity index (χ4n) is 4.50. The summed E-state index contributed by atoms with van der Waals surface area (Å²) in [5.74, 6) is -11.5. The highest BCUT2D eigenvalue weighted by Crippen LogP contribution is 2.39. The number of hydrogen-bond acceptors (Lipinski definition) is 3. The van der Waals surface area contributed by atoms with E-state index in [2.05, 4.69) is 21.3 Å². The second-order valence-electron chi connectivity index (χ2n) is 9.77. The van der Waals surface area contributed by atoms with Crippen molar-refractivity contribution in [1.82, 2.24) is 9.97 Å². The first kappa shape index (κ1) is 31.3. The SMILES string of the molecule is C=CCCc1cnc(-c2ccc(-c3cc(F)c(C(F)(F)Oc4ccc(-c5cc(F)c(F)c(F)c5)c(F)c4)c(F)c3)c(F)c2)nc1. The zero-order valence-electron chi connectivity index (χ0n) is 22.8. The van der Waals surface area contributed by atoms with Crippen molar-refractivity contribution in [2.24, 2.45) is 0 Å². The van der Waals surface area contributed by atoms with Crippen molar-refractivity contribution in [2.75, 3.05) is 0 Å². The van der Waals surface area contributed by atoms with Gasteiger partial charge in [0, 0.05) is 35.2 Å². The van der Waals surface area contributed by atoms with Crippen LogP contribution in [0.2, 0.25) is 0 Å². The normalized spacial score (nSPS) is 11.5. The molecule has 0 saturated heterocycles. The second kappa shape index (κ2) is 12.5. The lowest BCUT2D eigenvalue weighted by atomic mass is 10.00. The molecule has 0 aliphatic carbocycles. The van der Waals surface area contributed by atoms with Crippen molar-refractivity contribution in [1.29, 1.82) is 0 Å². The summed E-state index contributed by atoms with van der Waals surface area (Å²) in [6, 6.07) is 7.51. The van der Waals surface area contributed by atoms with E-state index in [1.54, 1.807) is 18.5 Å². The van der Waals surface area contributed by atoms with Gasteiger partial charge in [-0.2, -0.15) is 8.78 Å². The molecule has 4 aromatic carbocycles. The van der Waals surface area contributed by atoms with Crippen LogP contribution in [0.15, 0.2) is 85.7 Å². The van der Waals surface area contributed by atoms with E-state index in [4.69, 9.17) is 0 Å². The van der Waals surface area contributed by atoms with Gasteiger partial charge in [0.2, 0.25) is 0 Å². The molecule has 0 saturated carbocycles. The number of allylic oxidation sites excluding steroid dienone is 1. The Morgan fingerprint density at radius 1 is 0.644 bits per heavy atom. The Morgan fingerprint density at radius 2 is 1.16 bits per heavy atom. The molecule has 0 bridgehead atoms. The number of benzene rings is 4. The number of alkyl halides is 2. The number of nitrogens with zero attached hydrogens (tertiary/aromatic N) is 2. The summed E-state index contributed by atoms with van der Waals surface area (Å²) in [4.78, 5) is 8.37. The molecule has 0 amide bonds. The van der Waals surface area contributed by atoms with Crippen LogP contribution in [-0.4, -0.2) is 9.97 Å². The summed E-state index contributed by atoms with van der Waals surface area (Å²) in [6.45, 7) is 3.64. The van der Waals surface area contributed by atoms with Crippen LogP contribution < -0.4 is 4.74 Å². The van der Waals surface area contributed by atoms with Crippen molar-refractivity contribution < 1.29 is 44.3 Å². The maximum absolute atomic E-state index is 15.0. The van der Waals surface area contributed by atoms with E-state index >= 15 is 4.39 Å². The molecule has 12 heteroatoms. The molecule has 230 valence electrons. The summed E-state index contributed by atoms with van der Waals surface area (Å²) < 4.78 is 134. The van der Waals surface area contributed by atoms with Gasteiger partial charge in [-0.25, -0.2) is 40.7 Å². The van der Waals surface area contributed by atoms with E-state index in [1.165, 1.54) is 12.1 Å². The van der Waals surface area contributed by atoms with E-state index in [-0.39, 0.29) is 17.0 Å². The van der Waals surface area contributed by atoms with E-state index < -0.39 is 74.8 Å². The summed E-state index contributed by atoms with van der Waals surface area (Å²) >= 11 is 0. The number of aromatic nitrogens is 2. The van der Waals surface area contributed by atoms with Gasteiger partial charge in [-0.1, -0.05) is 18.2 Å². The maximum atomic E-state index is 15.0.